The first kappa shape index (κ1) is 26.1. The molecule has 1 N–H and O–H groups in total. The van der Waals surface area contributed by atoms with Gasteiger partial charge in [0, 0.05) is 30.5 Å². The van der Waals surface area contributed by atoms with Crippen molar-refractivity contribution in [2.45, 2.75) is 76.3 Å². The van der Waals surface area contributed by atoms with Crippen molar-refractivity contribution in [2.24, 2.45) is 0 Å². The van der Waals surface area contributed by atoms with Crippen molar-refractivity contribution in [3.05, 3.63) is 65.7 Å². The van der Waals surface area contributed by atoms with E-state index in [0.717, 1.165) is 48.5 Å². The number of thioether (sulfide) groups is 1. The Morgan fingerprint density at radius 2 is 1.74 bits per heavy atom. The molecule has 1 fully saturated rings. The third kappa shape index (κ3) is 8.08. The van der Waals surface area contributed by atoms with Crippen LogP contribution in [0.4, 0.5) is 0 Å². The monoisotopic (exact) mass is 482 g/mol. The fraction of sp³-hybridized carbons (Fsp3) is 0.500. The van der Waals surface area contributed by atoms with Gasteiger partial charge in [0.05, 0.1) is 7.11 Å². The number of hydrogen-bond donors (Lipinski definition) is 1. The van der Waals surface area contributed by atoms with Crippen molar-refractivity contribution < 1.29 is 14.3 Å². The van der Waals surface area contributed by atoms with Crippen molar-refractivity contribution >= 4 is 23.6 Å². The van der Waals surface area contributed by atoms with Gasteiger partial charge in [0.1, 0.15) is 11.8 Å². The molecule has 6 heteroatoms. The number of amides is 2. The first-order valence-electron chi connectivity index (χ1n) is 12.4. The van der Waals surface area contributed by atoms with Crippen molar-refractivity contribution in [3.63, 3.8) is 0 Å². The molecule has 3 rings (SSSR count). The summed E-state index contributed by atoms with van der Waals surface area (Å²) in [6.45, 7) is 2.41. The molecule has 0 heterocycles. The number of carbonyl (C=O) groups excluding carboxylic acids is 2. The Morgan fingerprint density at radius 3 is 2.38 bits per heavy atom. The summed E-state index contributed by atoms with van der Waals surface area (Å²) >= 11 is 1.75. The zero-order valence-electron chi connectivity index (χ0n) is 20.5. The van der Waals surface area contributed by atoms with Crippen LogP contribution >= 0.6 is 11.8 Å². The summed E-state index contributed by atoms with van der Waals surface area (Å²) < 4.78 is 5.27. The van der Waals surface area contributed by atoms with Crippen LogP contribution in [0.1, 0.15) is 63.0 Å². The number of nitrogens with zero attached hydrogens (tertiary/aromatic N) is 1. The lowest BCUT2D eigenvalue weighted by atomic mass is 9.95. The smallest absolute Gasteiger partial charge is 0.243 e. The van der Waals surface area contributed by atoms with Gasteiger partial charge >= 0.3 is 0 Å². The zero-order chi connectivity index (χ0) is 24.2. The van der Waals surface area contributed by atoms with Gasteiger partial charge in [0.15, 0.2) is 0 Å². The Hall–Kier alpha value is -2.47. The molecule has 5 nitrogen and oxygen atoms in total. The molecule has 0 aliphatic heterocycles. The molecule has 0 saturated heterocycles. The molecule has 2 amide bonds. The van der Waals surface area contributed by atoms with Gasteiger partial charge in [-0.3, -0.25) is 9.59 Å². The van der Waals surface area contributed by atoms with E-state index in [-0.39, 0.29) is 17.9 Å². The minimum Gasteiger partial charge on any atom is -0.497 e. The Bertz CT molecular complexity index is 882. The lowest BCUT2D eigenvalue weighted by Gasteiger charge is -2.33. The van der Waals surface area contributed by atoms with Crippen LogP contribution in [-0.4, -0.2) is 41.7 Å². The van der Waals surface area contributed by atoms with E-state index in [0.29, 0.717) is 19.4 Å². The van der Waals surface area contributed by atoms with Gasteiger partial charge in [-0.05, 0) is 42.5 Å². The second kappa shape index (κ2) is 14.1. The number of methoxy groups -OCH3 is 1. The number of benzene rings is 2. The third-order valence-corrected chi connectivity index (χ3v) is 7.45. The van der Waals surface area contributed by atoms with Gasteiger partial charge in [0.2, 0.25) is 11.8 Å². The molecule has 184 valence electrons. The molecule has 0 spiro atoms. The van der Waals surface area contributed by atoms with Gasteiger partial charge < -0.3 is 15.0 Å². The summed E-state index contributed by atoms with van der Waals surface area (Å²) in [6, 6.07) is 17.8. The van der Waals surface area contributed by atoms with Gasteiger partial charge in [-0.25, -0.2) is 0 Å². The van der Waals surface area contributed by atoms with Crippen LogP contribution in [0.25, 0.3) is 0 Å². The SMILES string of the molecule is CCC(C(=O)NC1CCCCC1)N(Cc1ccc(OC)cc1)C(=O)CCSCc1ccccc1. The Morgan fingerprint density at radius 1 is 1.03 bits per heavy atom. The van der Waals surface area contributed by atoms with Gasteiger partial charge in [-0.2, -0.15) is 11.8 Å². The highest BCUT2D eigenvalue weighted by molar-refractivity contribution is 7.98. The van der Waals surface area contributed by atoms with E-state index >= 15 is 0 Å². The quantitative estimate of drug-likeness (QED) is 0.402. The molecule has 34 heavy (non-hydrogen) atoms. The van der Waals surface area contributed by atoms with Crippen molar-refractivity contribution in [1.82, 2.24) is 10.2 Å². The number of rotatable bonds is 12. The highest BCUT2D eigenvalue weighted by Gasteiger charge is 2.30. The summed E-state index contributed by atoms with van der Waals surface area (Å²) in [6.07, 6.45) is 6.64. The number of nitrogens with one attached hydrogen (secondary N) is 1. The summed E-state index contributed by atoms with van der Waals surface area (Å²) in [4.78, 5) is 28.4. The first-order chi connectivity index (χ1) is 16.6. The van der Waals surface area contributed by atoms with Gasteiger partial charge in [0.25, 0.3) is 0 Å². The van der Waals surface area contributed by atoms with Crippen molar-refractivity contribution in [2.75, 3.05) is 12.9 Å². The highest BCUT2D eigenvalue weighted by atomic mass is 32.2. The predicted octanol–water partition coefficient (Wildman–Crippen LogP) is 5.57. The Balaban J connectivity index is 1.65. The number of hydrogen-bond acceptors (Lipinski definition) is 4. The average molecular weight is 483 g/mol. The molecule has 1 aliphatic carbocycles. The predicted molar refractivity (Wildman–Crippen MR) is 140 cm³/mol. The Kier molecular flexibility index (Phi) is 10.8. The molecule has 1 aliphatic rings. The molecular formula is C28H38N2O3S. The van der Waals surface area contributed by atoms with Crippen LogP contribution < -0.4 is 10.1 Å². The molecule has 2 aromatic carbocycles. The number of carbonyl (C=O) groups is 2. The largest absolute Gasteiger partial charge is 0.497 e. The van der Waals surface area contributed by atoms with Crippen LogP contribution in [0, 0.1) is 0 Å². The van der Waals surface area contributed by atoms with Crippen LogP contribution in [-0.2, 0) is 21.9 Å². The normalized spacial score (nSPS) is 14.9. The van der Waals surface area contributed by atoms with E-state index in [4.69, 9.17) is 4.74 Å². The fourth-order valence-corrected chi connectivity index (χ4v) is 5.35. The molecular weight excluding hydrogens is 444 g/mol. The minimum atomic E-state index is -0.462. The average Bonchev–Trinajstić information content (AvgIpc) is 2.88. The zero-order valence-corrected chi connectivity index (χ0v) is 21.3. The van der Waals surface area contributed by atoms with E-state index in [1.54, 1.807) is 23.8 Å². The fourth-order valence-electron chi connectivity index (χ4n) is 4.46. The molecule has 2 aromatic rings. The lowest BCUT2D eigenvalue weighted by molar-refractivity contribution is -0.141. The van der Waals surface area contributed by atoms with Crippen LogP contribution in [0.15, 0.2) is 54.6 Å². The van der Waals surface area contributed by atoms with E-state index in [1.807, 2.05) is 49.4 Å². The summed E-state index contributed by atoms with van der Waals surface area (Å²) in [5.41, 5.74) is 2.25. The second-order valence-corrected chi connectivity index (χ2v) is 10.0. The summed E-state index contributed by atoms with van der Waals surface area (Å²) in [5, 5.41) is 3.24. The van der Waals surface area contributed by atoms with E-state index < -0.39 is 6.04 Å². The third-order valence-electron chi connectivity index (χ3n) is 6.42. The van der Waals surface area contributed by atoms with Crippen molar-refractivity contribution in [1.29, 1.82) is 0 Å². The van der Waals surface area contributed by atoms with E-state index in [2.05, 4.69) is 17.4 Å². The lowest BCUT2D eigenvalue weighted by Crippen LogP contribution is -2.51. The molecule has 1 unspecified atom stereocenters. The molecule has 0 radical (unpaired) electrons. The first-order valence-corrected chi connectivity index (χ1v) is 13.6. The maximum atomic E-state index is 13.4. The molecule has 0 aromatic heterocycles. The van der Waals surface area contributed by atoms with Gasteiger partial charge in [-0.15, -0.1) is 0 Å². The standard InChI is InChI=1S/C28H38N2O3S/c1-3-26(28(32)29-24-12-8-5-9-13-24)30(20-22-14-16-25(33-2)17-15-22)27(31)18-19-34-21-23-10-6-4-7-11-23/h4,6-7,10-11,14-17,24,26H,3,5,8-9,12-13,18-21H2,1-2H3,(H,29,32). The van der Waals surface area contributed by atoms with Crippen molar-refractivity contribution in [3.8, 4) is 5.75 Å². The number of ether oxygens (including phenoxy) is 1. The second-order valence-electron chi connectivity index (χ2n) is 8.93. The van der Waals surface area contributed by atoms with E-state index in [9.17, 15) is 9.59 Å². The van der Waals surface area contributed by atoms with Gasteiger partial charge in [-0.1, -0.05) is 68.7 Å². The van der Waals surface area contributed by atoms with Crippen LogP contribution in [0.2, 0.25) is 0 Å². The maximum Gasteiger partial charge on any atom is 0.243 e. The maximum absolute atomic E-state index is 13.4. The minimum absolute atomic E-state index is 0.0202. The van der Waals surface area contributed by atoms with Crippen LogP contribution in [0.3, 0.4) is 0 Å². The Labute approximate surface area is 208 Å². The summed E-state index contributed by atoms with van der Waals surface area (Å²) in [7, 11) is 1.64. The molecule has 1 atom stereocenters. The van der Waals surface area contributed by atoms with E-state index in [1.165, 1.54) is 12.0 Å². The molecule has 1 saturated carbocycles. The highest BCUT2D eigenvalue weighted by Crippen LogP contribution is 2.21. The van der Waals surface area contributed by atoms with Crippen LogP contribution in [0.5, 0.6) is 5.75 Å². The topological polar surface area (TPSA) is 58.6 Å². The molecule has 0 bridgehead atoms. The summed E-state index contributed by atoms with van der Waals surface area (Å²) in [5.74, 6) is 2.40.